The summed E-state index contributed by atoms with van der Waals surface area (Å²) in [4.78, 5) is 17.4. The van der Waals surface area contributed by atoms with E-state index < -0.39 is 0 Å². The van der Waals surface area contributed by atoms with Crippen LogP contribution in [0.5, 0.6) is 0 Å². The molecule has 0 spiro atoms. The number of anilines is 1. The predicted molar refractivity (Wildman–Crippen MR) is 97.9 cm³/mol. The van der Waals surface area contributed by atoms with Gasteiger partial charge < -0.3 is 0 Å². The molecule has 2 aromatic heterocycles. The summed E-state index contributed by atoms with van der Waals surface area (Å²) in [5, 5.41) is 10.1. The van der Waals surface area contributed by atoms with Crippen LogP contribution in [-0.2, 0) is 12.5 Å². The Morgan fingerprint density at radius 3 is 2.44 bits per heavy atom. The summed E-state index contributed by atoms with van der Waals surface area (Å²) in [6.07, 6.45) is 8.22. The molecule has 2 aromatic rings. The van der Waals surface area contributed by atoms with E-state index in [-0.39, 0.29) is 11.3 Å². The van der Waals surface area contributed by atoms with Gasteiger partial charge in [-0.15, -0.1) is 11.3 Å². The normalized spacial score (nSPS) is 33.0. The Morgan fingerprint density at radius 2 is 1.88 bits per heavy atom. The van der Waals surface area contributed by atoms with Crippen molar-refractivity contribution in [3.8, 4) is 0 Å². The number of nitrogens with one attached hydrogen (secondary N) is 1. The van der Waals surface area contributed by atoms with Gasteiger partial charge in [0.05, 0.1) is 11.4 Å². The van der Waals surface area contributed by atoms with Crippen molar-refractivity contribution in [3.63, 3.8) is 0 Å². The van der Waals surface area contributed by atoms with Gasteiger partial charge >= 0.3 is 0 Å². The fraction of sp³-hybridized carbons (Fsp3) is 0.632. The van der Waals surface area contributed by atoms with Crippen molar-refractivity contribution in [2.45, 2.75) is 50.9 Å². The van der Waals surface area contributed by atoms with Crippen LogP contribution in [0.4, 0.5) is 5.13 Å². The average Bonchev–Trinajstić information content (AvgIpc) is 3.12. The Morgan fingerprint density at radius 1 is 1.24 bits per heavy atom. The van der Waals surface area contributed by atoms with Gasteiger partial charge in [0.2, 0.25) is 0 Å². The van der Waals surface area contributed by atoms with Crippen LogP contribution in [0.3, 0.4) is 0 Å². The lowest BCUT2D eigenvalue weighted by atomic mass is 9.49. The van der Waals surface area contributed by atoms with Crippen molar-refractivity contribution in [1.82, 2.24) is 14.8 Å². The van der Waals surface area contributed by atoms with Crippen LogP contribution in [0.1, 0.15) is 60.4 Å². The molecule has 4 aliphatic carbocycles. The number of hydrogen-bond acceptors (Lipinski definition) is 4. The van der Waals surface area contributed by atoms with E-state index in [9.17, 15) is 4.79 Å². The average molecular weight is 356 g/mol. The highest BCUT2D eigenvalue weighted by Gasteiger charge is 2.52. The van der Waals surface area contributed by atoms with Crippen molar-refractivity contribution >= 4 is 22.4 Å². The number of rotatable bonds is 3. The Hall–Kier alpha value is -1.69. The van der Waals surface area contributed by atoms with Gasteiger partial charge in [0, 0.05) is 17.8 Å². The van der Waals surface area contributed by atoms with Crippen molar-refractivity contribution in [1.29, 1.82) is 0 Å². The molecule has 1 amide bonds. The second-order valence-electron chi connectivity index (χ2n) is 8.48. The van der Waals surface area contributed by atoms with Gasteiger partial charge in [0.1, 0.15) is 5.69 Å². The van der Waals surface area contributed by atoms with Crippen LogP contribution < -0.4 is 5.32 Å². The third-order valence-electron chi connectivity index (χ3n) is 6.54. The third-order valence-corrected chi connectivity index (χ3v) is 7.30. The molecule has 4 bridgehead atoms. The van der Waals surface area contributed by atoms with E-state index in [0.29, 0.717) is 5.69 Å². The smallest absolute Gasteiger partial charge is 0.275 e. The zero-order valence-corrected chi connectivity index (χ0v) is 15.6. The summed E-state index contributed by atoms with van der Waals surface area (Å²) < 4.78 is 1.62. The fourth-order valence-electron chi connectivity index (χ4n) is 5.98. The largest absolute Gasteiger partial charge is 0.296 e. The zero-order valence-electron chi connectivity index (χ0n) is 14.8. The van der Waals surface area contributed by atoms with Crippen molar-refractivity contribution in [2.75, 3.05) is 5.32 Å². The molecule has 132 valence electrons. The van der Waals surface area contributed by atoms with Crippen LogP contribution >= 0.6 is 11.3 Å². The molecule has 0 saturated heterocycles. The molecule has 6 heteroatoms. The molecular weight excluding hydrogens is 332 g/mol. The minimum absolute atomic E-state index is 0.130. The van der Waals surface area contributed by atoms with E-state index in [4.69, 9.17) is 4.98 Å². The second-order valence-corrected chi connectivity index (χ2v) is 9.34. The zero-order chi connectivity index (χ0) is 17.2. The summed E-state index contributed by atoms with van der Waals surface area (Å²) in [5.74, 6) is 2.59. The lowest BCUT2D eigenvalue weighted by Crippen LogP contribution is -2.48. The Balaban J connectivity index is 1.37. The number of aryl methyl sites for hydroxylation is 2. The van der Waals surface area contributed by atoms with Crippen LogP contribution in [0, 0.1) is 24.7 Å². The minimum Gasteiger partial charge on any atom is -0.296 e. The molecule has 0 aromatic carbocycles. The highest BCUT2D eigenvalue weighted by molar-refractivity contribution is 7.14. The van der Waals surface area contributed by atoms with Crippen molar-refractivity contribution < 1.29 is 4.79 Å². The van der Waals surface area contributed by atoms with Crippen LogP contribution in [0.15, 0.2) is 11.4 Å². The molecule has 25 heavy (non-hydrogen) atoms. The first-order valence-electron chi connectivity index (χ1n) is 9.29. The molecule has 0 radical (unpaired) electrons. The molecule has 6 rings (SSSR count). The first-order chi connectivity index (χ1) is 12.0. The van der Waals surface area contributed by atoms with E-state index in [0.717, 1.165) is 28.6 Å². The topological polar surface area (TPSA) is 59.8 Å². The minimum atomic E-state index is -0.130. The van der Waals surface area contributed by atoms with E-state index in [1.54, 1.807) is 23.1 Å². The quantitative estimate of drug-likeness (QED) is 0.907. The van der Waals surface area contributed by atoms with Gasteiger partial charge in [-0.05, 0) is 69.3 Å². The van der Waals surface area contributed by atoms with Gasteiger partial charge in [-0.1, -0.05) is 0 Å². The number of hydrogen-bond donors (Lipinski definition) is 1. The molecule has 4 aliphatic rings. The summed E-state index contributed by atoms with van der Waals surface area (Å²) in [7, 11) is 1.80. The number of thiazole rings is 1. The highest BCUT2D eigenvalue weighted by atomic mass is 32.1. The molecule has 0 unspecified atom stereocenters. The lowest BCUT2D eigenvalue weighted by molar-refractivity contribution is -0.00688. The van der Waals surface area contributed by atoms with Gasteiger partial charge in [0.25, 0.3) is 5.91 Å². The van der Waals surface area contributed by atoms with Crippen molar-refractivity contribution in [3.05, 3.63) is 28.5 Å². The summed E-state index contributed by atoms with van der Waals surface area (Å²) in [6, 6.07) is 1.81. The van der Waals surface area contributed by atoms with Gasteiger partial charge in [-0.25, -0.2) is 4.98 Å². The van der Waals surface area contributed by atoms with Crippen LogP contribution in [-0.4, -0.2) is 20.7 Å². The lowest BCUT2D eigenvalue weighted by Gasteiger charge is -2.56. The monoisotopic (exact) mass is 356 g/mol. The van der Waals surface area contributed by atoms with Crippen LogP contribution in [0.25, 0.3) is 0 Å². The number of nitrogens with zero attached hydrogens (tertiary/aromatic N) is 3. The number of aromatic nitrogens is 3. The third kappa shape index (κ3) is 2.53. The molecule has 0 atom stereocenters. The SMILES string of the molecule is Cc1cc(C(=O)Nc2nc(C34CC5CC(CC(C5)C3)C4)cs2)n(C)n1. The van der Waals surface area contributed by atoms with E-state index in [1.165, 1.54) is 44.2 Å². The molecule has 4 fully saturated rings. The highest BCUT2D eigenvalue weighted by Crippen LogP contribution is 2.60. The summed E-state index contributed by atoms with van der Waals surface area (Å²) in [5.41, 5.74) is 2.94. The Bertz CT molecular complexity index is 801. The van der Waals surface area contributed by atoms with E-state index in [1.807, 2.05) is 13.0 Å². The van der Waals surface area contributed by atoms with E-state index >= 15 is 0 Å². The second kappa shape index (κ2) is 5.40. The molecule has 5 nitrogen and oxygen atoms in total. The summed E-state index contributed by atoms with van der Waals surface area (Å²) >= 11 is 1.56. The first kappa shape index (κ1) is 15.6. The van der Waals surface area contributed by atoms with Crippen molar-refractivity contribution in [2.24, 2.45) is 24.8 Å². The van der Waals surface area contributed by atoms with Gasteiger partial charge in [-0.3, -0.25) is 14.8 Å². The van der Waals surface area contributed by atoms with Gasteiger partial charge in [-0.2, -0.15) is 5.10 Å². The number of carbonyl (C=O) groups excluding carboxylic acids is 1. The Kier molecular flexibility index (Phi) is 3.36. The standard InChI is InChI=1S/C19H24N4OS/c1-11-3-15(23(2)22-11)17(24)21-18-20-16(10-25-18)19-7-12-4-13(8-19)6-14(5-12)9-19/h3,10,12-14H,4-9H2,1-2H3,(H,20,21,24). The molecular formula is C19H24N4OS. The molecule has 1 N–H and O–H groups in total. The number of amides is 1. The maximum Gasteiger partial charge on any atom is 0.275 e. The fourth-order valence-corrected chi connectivity index (χ4v) is 6.81. The predicted octanol–water partition coefficient (Wildman–Crippen LogP) is 3.91. The summed E-state index contributed by atoms with van der Waals surface area (Å²) in [6.45, 7) is 1.89. The van der Waals surface area contributed by atoms with Gasteiger partial charge in [0.15, 0.2) is 5.13 Å². The first-order valence-corrected chi connectivity index (χ1v) is 10.2. The Labute approximate surface area is 151 Å². The van der Waals surface area contributed by atoms with E-state index in [2.05, 4.69) is 15.8 Å². The molecule has 4 saturated carbocycles. The maximum absolute atomic E-state index is 12.5. The molecule has 2 heterocycles. The van der Waals surface area contributed by atoms with Crippen LogP contribution in [0.2, 0.25) is 0 Å². The molecule has 0 aliphatic heterocycles. The maximum atomic E-state index is 12.5. The number of carbonyl (C=O) groups is 1.